The van der Waals surface area contributed by atoms with Crippen molar-refractivity contribution in [3.8, 4) is 0 Å². The molecule has 0 saturated heterocycles. The maximum atomic E-state index is 12.1. The Morgan fingerprint density at radius 1 is 1.21 bits per heavy atom. The van der Waals surface area contributed by atoms with Crippen LogP contribution in [0, 0.1) is 13.8 Å². The lowest BCUT2D eigenvalue weighted by Gasteiger charge is -2.13. The summed E-state index contributed by atoms with van der Waals surface area (Å²) in [4.78, 5) is 35.2. The van der Waals surface area contributed by atoms with Crippen LogP contribution in [0.4, 0.5) is 5.69 Å². The van der Waals surface area contributed by atoms with E-state index in [-0.39, 0.29) is 5.56 Å². The quantitative estimate of drug-likeness (QED) is 0.801. The van der Waals surface area contributed by atoms with Gasteiger partial charge < -0.3 is 20.3 Å². The summed E-state index contributed by atoms with van der Waals surface area (Å²) in [5.74, 6) is -1.43. The Morgan fingerprint density at radius 3 is 2.33 bits per heavy atom. The number of primary amides is 1. The molecule has 8 heteroatoms. The summed E-state index contributed by atoms with van der Waals surface area (Å²) >= 11 is 0. The first-order valence-electron chi connectivity index (χ1n) is 7.14. The van der Waals surface area contributed by atoms with Crippen molar-refractivity contribution in [2.45, 2.75) is 26.9 Å². The zero-order chi connectivity index (χ0) is 17.9. The van der Waals surface area contributed by atoms with Crippen LogP contribution < -0.4 is 11.1 Å². The number of rotatable bonds is 5. The van der Waals surface area contributed by atoms with Gasteiger partial charge in [-0.25, -0.2) is 4.79 Å². The lowest BCUT2D eigenvalue weighted by molar-refractivity contribution is -0.123. The fourth-order valence-corrected chi connectivity index (χ4v) is 2.01. The Hall–Kier alpha value is -3.16. The van der Waals surface area contributed by atoms with E-state index in [1.54, 1.807) is 13.8 Å². The molecule has 0 fully saturated rings. The van der Waals surface area contributed by atoms with Crippen molar-refractivity contribution in [2.24, 2.45) is 5.73 Å². The average molecular weight is 331 g/mol. The summed E-state index contributed by atoms with van der Waals surface area (Å²) in [6, 6.07) is 6.03. The van der Waals surface area contributed by atoms with Gasteiger partial charge in [0, 0.05) is 11.3 Å². The molecule has 126 valence electrons. The summed E-state index contributed by atoms with van der Waals surface area (Å²) < 4.78 is 10.0. The third-order valence-electron chi connectivity index (χ3n) is 3.33. The number of nitrogens with two attached hydrogens (primary N) is 1. The molecule has 0 aliphatic carbocycles. The molecule has 0 aliphatic heterocycles. The number of esters is 1. The lowest BCUT2D eigenvalue weighted by Crippen LogP contribution is -2.30. The molecule has 24 heavy (non-hydrogen) atoms. The fourth-order valence-electron chi connectivity index (χ4n) is 2.01. The van der Waals surface area contributed by atoms with Gasteiger partial charge in [0.2, 0.25) is 5.91 Å². The van der Waals surface area contributed by atoms with Crippen LogP contribution in [0.2, 0.25) is 0 Å². The Bertz CT molecular complexity index is 760. The Balaban J connectivity index is 1.99. The molecule has 1 atom stereocenters. The number of hydrogen-bond acceptors (Lipinski definition) is 6. The highest BCUT2D eigenvalue weighted by Gasteiger charge is 2.24. The van der Waals surface area contributed by atoms with Gasteiger partial charge in [0.15, 0.2) is 6.10 Å². The minimum atomic E-state index is -1.03. The third kappa shape index (κ3) is 3.78. The number of aromatic nitrogens is 1. The Labute approximate surface area is 137 Å². The number of nitrogens with zero attached hydrogens (tertiary/aromatic N) is 1. The van der Waals surface area contributed by atoms with Gasteiger partial charge in [-0.3, -0.25) is 9.59 Å². The van der Waals surface area contributed by atoms with Crippen molar-refractivity contribution in [1.29, 1.82) is 0 Å². The van der Waals surface area contributed by atoms with Crippen LogP contribution in [0.15, 0.2) is 28.8 Å². The monoisotopic (exact) mass is 331 g/mol. The van der Waals surface area contributed by atoms with Crippen LogP contribution in [-0.2, 0) is 9.53 Å². The summed E-state index contributed by atoms with van der Waals surface area (Å²) in [5.41, 5.74) is 6.52. The number of benzene rings is 1. The SMILES string of the molecule is Cc1noc(C)c1C(=O)O[C@@H](C)C(=O)Nc1ccc(C(N)=O)cc1. The second-order valence-corrected chi connectivity index (χ2v) is 5.18. The van der Waals surface area contributed by atoms with E-state index in [0.717, 1.165) is 0 Å². The molecular weight excluding hydrogens is 314 g/mol. The molecule has 8 nitrogen and oxygen atoms in total. The second-order valence-electron chi connectivity index (χ2n) is 5.18. The molecule has 3 N–H and O–H groups in total. The van der Waals surface area contributed by atoms with Gasteiger partial charge in [0.05, 0.1) is 5.69 Å². The van der Waals surface area contributed by atoms with Gasteiger partial charge >= 0.3 is 5.97 Å². The highest BCUT2D eigenvalue weighted by atomic mass is 16.5. The molecule has 1 aromatic heterocycles. The minimum Gasteiger partial charge on any atom is -0.449 e. The standard InChI is InChI=1S/C16H17N3O5/c1-8-13(9(2)24-19-8)16(22)23-10(3)15(21)18-12-6-4-11(5-7-12)14(17)20/h4-7,10H,1-3H3,(H2,17,20)(H,18,21)/t10-/m0/s1. The van der Waals surface area contributed by atoms with Crippen molar-refractivity contribution in [3.63, 3.8) is 0 Å². The molecular formula is C16H17N3O5. The maximum absolute atomic E-state index is 12.1. The number of anilines is 1. The van der Waals surface area contributed by atoms with Crippen molar-refractivity contribution in [2.75, 3.05) is 5.32 Å². The number of nitrogens with one attached hydrogen (secondary N) is 1. The van der Waals surface area contributed by atoms with Gasteiger partial charge in [0.25, 0.3) is 5.91 Å². The normalized spacial score (nSPS) is 11.6. The van der Waals surface area contributed by atoms with Crippen molar-refractivity contribution in [3.05, 3.63) is 46.8 Å². The maximum Gasteiger partial charge on any atom is 0.344 e. The molecule has 2 amide bonds. The van der Waals surface area contributed by atoms with Crippen molar-refractivity contribution >= 4 is 23.5 Å². The summed E-state index contributed by atoms with van der Waals surface area (Å²) in [7, 11) is 0. The molecule has 0 aliphatic rings. The largest absolute Gasteiger partial charge is 0.449 e. The Kier molecular flexibility index (Phi) is 4.98. The number of carbonyl (C=O) groups is 3. The molecule has 2 aromatic rings. The zero-order valence-electron chi connectivity index (χ0n) is 13.5. The van der Waals surface area contributed by atoms with E-state index in [1.165, 1.54) is 31.2 Å². The highest BCUT2D eigenvalue weighted by molar-refractivity contribution is 5.98. The summed E-state index contributed by atoms with van der Waals surface area (Å²) in [6.45, 7) is 4.64. The topological polar surface area (TPSA) is 125 Å². The smallest absolute Gasteiger partial charge is 0.344 e. The van der Waals surface area contributed by atoms with E-state index in [4.69, 9.17) is 15.0 Å². The molecule has 0 unspecified atom stereocenters. The van der Waals surface area contributed by atoms with Crippen LogP contribution in [0.25, 0.3) is 0 Å². The molecule has 1 heterocycles. The number of hydrogen-bond donors (Lipinski definition) is 2. The molecule has 2 rings (SSSR count). The number of amides is 2. The summed E-state index contributed by atoms with van der Waals surface area (Å²) in [6.07, 6.45) is -1.03. The average Bonchev–Trinajstić information content (AvgIpc) is 2.86. The predicted octanol–water partition coefficient (Wildman–Crippen LogP) is 1.57. The third-order valence-corrected chi connectivity index (χ3v) is 3.33. The predicted molar refractivity (Wildman–Crippen MR) is 84.4 cm³/mol. The van der Waals surface area contributed by atoms with E-state index in [1.807, 2.05) is 0 Å². The van der Waals surface area contributed by atoms with Crippen LogP contribution in [0.3, 0.4) is 0 Å². The number of ether oxygens (including phenoxy) is 1. The Morgan fingerprint density at radius 2 is 1.83 bits per heavy atom. The first-order chi connectivity index (χ1) is 11.3. The van der Waals surface area contributed by atoms with E-state index in [0.29, 0.717) is 22.7 Å². The van der Waals surface area contributed by atoms with Crippen LogP contribution >= 0.6 is 0 Å². The van der Waals surface area contributed by atoms with Crippen molar-refractivity contribution in [1.82, 2.24) is 5.16 Å². The van der Waals surface area contributed by atoms with E-state index in [9.17, 15) is 14.4 Å². The van der Waals surface area contributed by atoms with Gasteiger partial charge in [-0.2, -0.15) is 0 Å². The van der Waals surface area contributed by atoms with Crippen molar-refractivity contribution < 1.29 is 23.6 Å². The summed E-state index contributed by atoms with van der Waals surface area (Å²) in [5, 5.41) is 6.25. The van der Waals surface area contributed by atoms with E-state index < -0.39 is 23.9 Å². The number of carbonyl (C=O) groups excluding carboxylic acids is 3. The zero-order valence-corrected chi connectivity index (χ0v) is 13.5. The first kappa shape index (κ1) is 17.2. The molecule has 0 radical (unpaired) electrons. The van der Waals surface area contributed by atoms with Crippen LogP contribution in [0.1, 0.15) is 39.1 Å². The van der Waals surface area contributed by atoms with Gasteiger partial charge in [0.1, 0.15) is 11.3 Å². The molecule has 0 spiro atoms. The molecule has 0 bridgehead atoms. The molecule has 0 saturated carbocycles. The van der Waals surface area contributed by atoms with Gasteiger partial charge in [-0.1, -0.05) is 5.16 Å². The van der Waals surface area contributed by atoms with Crippen LogP contribution in [0.5, 0.6) is 0 Å². The number of aryl methyl sites for hydroxylation is 2. The van der Waals surface area contributed by atoms with Gasteiger partial charge in [-0.15, -0.1) is 0 Å². The van der Waals surface area contributed by atoms with Gasteiger partial charge in [-0.05, 0) is 45.0 Å². The van der Waals surface area contributed by atoms with E-state index in [2.05, 4.69) is 10.5 Å². The highest BCUT2D eigenvalue weighted by Crippen LogP contribution is 2.15. The minimum absolute atomic E-state index is 0.209. The second kappa shape index (κ2) is 6.95. The fraction of sp³-hybridized carbons (Fsp3) is 0.250. The molecule has 1 aromatic carbocycles. The lowest BCUT2D eigenvalue weighted by atomic mass is 10.2. The van der Waals surface area contributed by atoms with E-state index >= 15 is 0 Å². The van der Waals surface area contributed by atoms with Crippen LogP contribution in [-0.4, -0.2) is 29.0 Å². The first-order valence-corrected chi connectivity index (χ1v) is 7.14.